The van der Waals surface area contributed by atoms with Crippen LogP contribution in [-0.4, -0.2) is 31.7 Å². The van der Waals surface area contributed by atoms with Gasteiger partial charge in [-0.1, -0.05) is 59.6 Å². The van der Waals surface area contributed by atoms with Crippen LogP contribution in [0.2, 0.25) is 10.0 Å². The van der Waals surface area contributed by atoms with Gasteiger partial charge in [0, 0.05) is 24.3 Å². The van der Waals surface area contributed by atoms with Crippen molar-refractivity contribution in [3.8, 4) is 16.9 Å². The van der Waals surface area contributed by atoms with E-state index in [9.17, 15) is 13.2 Å². The highest BCUT2D eigenvalue weighted by Gasteiger charge is 2.33. The van der Waals surface area contributed by atoms with Crippen molar-refractivity contribution in [2.24, 2.45) is 0 Å². The highest BCUT2D eigenvalue weighted by molar-refractivity contribution is 7.89. The predicted molar refractivity (Wildman–Crippen MR) is 166 cm³/mol. The molecule has 0 saturated heterocycles. The van der Waals surface area contributed by atoms with E-state index in [2.05, 4.69) is 45.4 Å². The fourth-order valence-electron chi connectivity index (χ4n) is 5.68. The maximum absolute atomic E-state index is 12.8. The molecule has 0 saturated carbocycles. The molecule has 6 rings (SSSR count). The summed E-state index contributed by atoms with van der Waals surface area (Å²) in [7, 11) is -3.72. The van der Waals surface area contributed by atoms with Crippen LogP contribution in [0.3, 0.4) is 0 Å². The lowest BCUT2D eigenvalue weighted by Crippen LogP contribution is -2.41. The zero-order chi connectivity index (χ0) is 29.6. The number of halogens is 2. The number of anilines is 1. The molecule has 8 nitrogen and oxygen atoms in total. The maximum Gasteiger partial charge on any atom is 0.286 e. The molecule has 11 heteroatoms. The molecule has 0 bridgehead atoms. The average Bonchev–Trinajstić information content (AvgIpc) is 3.46. The Morgan fingerprint density at radius 3 is 2.55 bits per heavy atom. The molecular formula is C31H29Cl2N4O4S+. The van der Waals surface area contributed by atoms with Crippen LogP contribution < -0.4 is 18.9 Å². The van der Waals surface area contributed by atoms with Gasteiger partial charge in [0.25, 0.3) is 11.7 Å². The number of hydrogen-bond donors (Lipinski definition) is 1. The summed E-state index contributed by atoms with van der Waals surface area (Å²) in [5.74, 6) is 1.63. The monoisotopic (exact) mass is 623 g/mol. The Morgan fingerprint density at radius 1 is 1.05 bits per heavy atom. The summed E-state index contributed by atoms with van der Waals surface area (Å²) in [6, 6.07) is 19.9. The van der Waals surface area contributed by atoms with Gasteiger partial charge >= 0.3 is 0 Å². The quantitative estimate of drug-likeness (QED) is 0.270. The van der Waals surface area contributed by atoms with Crippen molar-refractivity contribution in [3.05, 3.63) is 94.6 Å². The van der Waals surface area contributed by atoms with Gasteiger partial charge in [-0.25, -0.2) is 22.3 Å². The molecule has 0 aliphatic carbocycles. The van der Waals surface area contributed by atoms with Gasteiger partial charge < -0.3 is 9.64 Å². The van der Waals surface area contributed by atoms with Crippen molar-refractivity contribution in [1.29, 1.82) is 0 Å². The summed E-state index contributed by atoms with van der Waals surface area (Å²) >= 11 is 12.8. The van der Waals surface area contributed by atoms with E-state index < -0.39 is 15.9 Å². The number of amides is 1. The van der Waals surface area contributed by atoms with E-state index in [-0.39, 0.29) is 6.54 Å². The maximum atomic E-state index is 12.8. The Hall–Kier alpha value is -3.79. The molecule has 0 atom stereocenters. The lowest BCUT2D eigenvalue weighted by molar-refractivity contribution is -0.677. The van der Waals surface area contributed by atoms with E-state index in [1.807, 2.05) is 36.4 Å². The minimum Gasteiger partial charge on any atom is -0.439 e. The Kier molecular flexibility index (Phi) is 7.51. The number of carbonyl (C=O) groups is 1. The molecule has 216 valence electrons. The first-order valence-electron chi connectivity index (χ1n) is 13.6. The SMILES string of the molecule is CCN1/C(=C\C=C2\CCC[n+]3c2n(CC(=O)NS(C)(=O)=O)c2cc(Cl)c(Cl)cc23)Oc2ccc(-c3ccccc3)cc21. The number of aromatic nitrogens is 2. The first-order valence-corrected chi connectivity index (χ1v) is 16.3. The second-order valence-electron chi connectivity index (χ2n) is 10.3. The van der Waals surface area contributed by atoms with Crippen molar-refractivity contribution in [1.82, 2.24) is 9.29 Å². The number of carbonyl (C=O) groups excluding carboxylic acids is 1. The van der Waals surface area contributed by atoms with Gasteiger partial charge in [-0.05, 0) is 55.2 Å². The van der Waals surface area contributed by atoms with Crippen molar-refractivity contribution in [3.63, 3.8) is 0 Å². The van der Waals surface area contributed by atoms with Gasteiger partial charge in [-0.3, -0.25) is 4.79 Å². The fraction of sp³-hybridized carbons (Fsp3) is 0.226. The molecule has 0 radical (unpaired) electrons. The molecule has 3 heterocycles. The molecule has 0 fully saturated rings. The Bertz CT molecular complexity index is 1900. The average molecular weight is 625 g/mol. The number of ether oxygens (including phenoxy) is 1. The summed E-state index contributed by atoms with van der Waals surface area (Å²) in [5.41, 5.74) is 5.73. The topological polar surface area (TPSA) is 84.5 Å². The van der Waals surface area contributed by atoms with Crippen molar-refractivity contribution in [2.45, 2.75) is 32.9 Å². The second-order valence-corrected chi connectivity index (χ2v) is 12.9. The molecule has 2 aliphatic heterocycles. The van der Waals surface area contributed by atoms with Crippen LogP contribution in [0.4, 0.5) is 5.69 Å². The van der Waals surface area contributed by atoms with Crippen LogP contribution in [-0.2, 0) is 27.9 Å². The Morgan fingerprint density at radius 2 is 1.81 bits per heavy atom. The third kappa shape index (κ3) is 5.40. The minimum absolute atomic E-state index is 0.205. The Labute approximate surface area is 254 Å². The molecule has 0 spiro atoms. The van der Waals surface area contributed by atoms with Crippen molar-refractivity contribution in [2.75, 3.05) is 17.7 Å². The highest BCUT2D eigenvalue weighted by Crippen LogP contribution is 2.42. The van der Waals surface area contributed by atoms with E-state index in [0.717, 1.165) is 58.6 Å². The fourth-order valence-corrected chi connectivity index (χ4v) is 6.47. The number of allylic oxidation sites excluding steroid dienone is 3. The standard InChI is InChI=1S/C31H28Cl2N4O4S/c1-3-35-27-16-22(20-8-5-4-6-9-20)11-13-28(27)41-30(35)14-12-21-10-7-15-36-25-17-23(32)24(33)18-26(25)37(31(21)36)19-29(38)34-42(2,39)40/h4-6,8-9,11-14,16-18H,3,7,10,15,19H2,1-2H3/p+1. The van der Waals surface area contributed by atoms with Crippen molar-refractivity contribution >= 4 is 61.4 Å². The van der Waals surface area contributed by atoms with Gasteiger partial charge in [0.15, 0.2) is 23.3 Å². The molecule has 1 aromatic heterocycles. The third-order valence-corrected chi connectivity index (χ3v) is 8.73. The number of fused-ring (bicyclic) bond motifs is 4. The normalized spacial score (nSPS) is 16.5. The van der Waals surface area contributed by atoms with Crippen LogP contribution in [0.15, 0.2) is 78.7 Å². The van der Waals surface area contributed by atoms with E-state index in [1.165, 1.54) is 0 Å². The number of benzene rings is 3. The first kappa shape index (κ1) is 28.3. The summed E-state index contributed by atoms with van der Waals surface area (Å²) in [4.78, 5) is 14.9. The lowest BCUT2D eigenvalue weighted by atomic mass is 10.0. The van der Waals surface area contributed by atoms with Gasteiger partial charge in [0.1, 0.15) is 0 Å². The van der Waals surface area contributed by atoms with Crippen LogP contribution in [0.5, 0.6) is 5.75 Å². The second kappa shape index (κ2) is 11.1. The number of rotatable bonds is 6. The van der Waals surface area contributed by atoms with E-state index in [0.29, 0.717) is 34.5 Å². The van der Waals surface area contributed by atoms with E-state index >= 15 is 0 Å². The summed E-state index contributed by atoms with van der Waals surface area (Å²) in [6.45, 7) is 3.30. The molecule has 2 aliphatic rings. The predicted octanol–water partition coefficient (Wildman–Crippen LogP) is 5.92. The Balaban J connectivity index is 1.41. The smallest absolute Gasteiger partial charge is 0.286 e. The lowest BCUT2D eigenvalue weighted by Gasteiger charge is -2.16. The summed E-state index contributed by atoms with van der Waals surface area (Å²) < 4.78 is 35.8. The molecule has 1 amide bonds. The molecule has 3 aromatic carbocycles. The third-order valence-electron chi connectivity index (χ3n) is 7.41. The molecular weight excluding hydrogens is 595 g/mol. The number of imidazole rings is 1. The number of aryl methyl sites for hydroxylation is 1. The molecule has 4 aromatic rings. The number of hydrogen-bond acceptors (Lipinski definition) is 5. The number of sulfonamides is 1. The van der Waals surface area contributed by atoms with Crippen LogP contribution in [0.25, 0.3) is 27.7 Å². The van der Waals surface area contributed by atoms with E-state index in [1.54, 1.807) is 16.7 Å². The van der Waals surface area contributed by atoms with Crippen LogP contribution in [0.1, 0.15) is 25.6 Å². The molecule has 42 heavy (non-hydrogen) atoms. The van der Waals surface area contributed by atoms with Crippen LogP contribution in [0, 0.1) is 0 Å². The van der Waals surface area contributed by atoms with E-state index in [4.69, 9.17) is 27.9 Å². The summed E-state index contributed by atoms with van der Waals surface area (Å²) in [5, 5.41) is 0.753. The van der Waals surface area contributed by atoms with Gasteiger partial charge in [0.05, 0.1) is 28.5 Å². The first-order chi connectivity index (χ1) is 20.1. The number of nitrogens with one attached hydrogen (secondary N) is 1. The molecule has 0 unspecified atom stereocenters. The zero-order valence-corrected chi connectivity index (χ0v) is 25.4. The van der Waals surface area contributed by atoms with Crippen LogP contribution >= 0.6 is 23.2 Å². The minimum atomic E-state index is -3.72. The molecule has 1 N–H and O–H groups in total. The number of nitrogens with zero attached hydrogens (tertiary/aromatic N) is 3. The summed E-state index contributed by atoms with van der Waals surface area (Å²) in [6.07, 6.45) is 6.56. The highest BCUT2D eigenvalue weighted by atomic mass is 35.5. The van der Waals surface area contributed by atoms with Gasteiger partial charge in [-0.15, -0.1) is 0 Å². The van der Waals surface area contributed by atoms with Gasteiger partial charge in [0.2, 0.25) is 15.9 Å². The van der Waals surface area contributed by atoms with Gasteiger partial charge in [-0.2, -0.15) is 0 Å². The largest absolute Gasteiger partial charge is 0.439 e. The van der Waals surface area contributed by atoms with Crippen molar-refractivity contribution < 1.29 is 22.5 Å². The zero-order valence-electron chi connectivity index (χ0n) is 23.1.